The van der Waals surface area contributed by atoms with Crippen LogP contribution in [0.4, 0.5) is 0 Å². The van der Waals surface area contributed by atoms with E-state index in [-0.39, 0.29) is 28.9 Å². The Kier molecular flexibility index (Phi) is 6.67. The highest BCUT2D eigenvalue weighted by Gasteiger charge is 2.30. The Labute approximate surface area is 169 Å². The summed E-state index contributed by atoms with van der Waals surface area (Å²) in [5.41, 5.74) is 0.509. The summed E-state index contributed by atoms with van der Waals surface area (Å²) >= 11 is 1.54. The van der Waals surface area contributed by atoms with Gasteiger partial charge in [-0.3, -0.25) is 14.4 Å². The number of amides is 2. The van der Waals surface area contributed by atoms with Crippen molar-refractivity contribution in [3.8, 4) is 10.6 Å². The monoisotopic (exact) mass is 401 g/mol. The zero-order chi connectivity index (χ0) is 20.1. The number of hydrogen-bond acceptors (Lipinski definition) is 4. The number of carbonyl (C=O) groups is 2. The highest BCUT2D eigenvalue weighted by atomic mass is 32.1. The van der Waals surface area contributed by atoms with Gasteiger partial charge in [-0.2, -0.15) is 0 Å². The van der Waals surface area contributed by atoms with Crippen LogP contribution in [-0.4, -0.2) is 53.3 Å². The highest BCUT2D eigenvalue weighted by molar-refractivity contribution is 7.13. The molecule has 28 heavy (non-hydrogen) atoms. The van der Waals surface area contributed by atoms with E-state index >= 15 is 0 Å². The molecular formula is C21H27N3O3S. The third-order valence-corrected chi connectivity index (χ3v) is 6.18. The Balaban J connectivity index is 1.61. The fourth-order valence-corrected chi connectivity index (χ4v) is 4.24. The van der Waals surface area contributed by atoms with Crippen LogP contribution < -0.4 is 5.56 Å². The second-order valence-corrected chi connectivity index (χ2v) is 8.22. The fraction of sp³-hybridized carbons (Fsp3) is 0.476. The van der Waals surface area contributed by atoms with E-state index < -0.39 is 0 Å². The molecule has 0 radical (unpaired) electrons. The van der Waals surface area contributed by atoms with Crippen LogP contribution in [-0.2, 0) is 4.79 Å². The number of aromatic nitrogens is 1. The maximum Gasteiger partial charge on any atom is 0.261 e. The zero-order valence-electron chi connectivity index (χ0n) is 16.4. The van der Waals surface area contributed by atoms with Crippen molar-refractivity contribution >= 4 is 23.2 Å². The Morgan fingerprint density at radius 3 is 2.61 bits per heavy atom. The molecule has 1 aliphatic heterocycles. The Morgan fingerprint density at radius 1 is 1.25 bits per heavy atom. The third-order valence-electron chi connectivity index (χ3n) is 5.28. The van der Waals surface area contributed by atoms with Gasteiger partial charge in [0, 0.05) is 32.6 Å². The minimum Gasteiger partial charge on any atom is -0.346 e. The number of piperidine rings is 1. The molecule has 3 heterocycles. The SMILES string of the molecule is CCCCN(C)C(=O)C1CCN(C(=O)c2ccc(-c3cccs3)[nH]c2=O)CC1. The normalized spacial score (nSPS) is 14.9. The van der Waals surface area contributed by atoms with Gasteiger partial charge in [0.25, 0.3) is 11.5 Å². The van der Waals surface area contributed by atoms with Gasteiger partial charge >= 0.3 is 0 Å². The van der Waals surface area contributed by atoms with E-state index in [1.807, 2.05) is 24.6 Å². The van der Waals surface area contributed by atoms with Gasteiger partial charge in [-0.05, 0) is 42.8 Å². The summed E-state index contributed by atoms with van der Waals surface area (Å²) in [6.45, 7) is 3.89. The molecule has 1 saturated heterocycles. The average molecular weight is 402 g/mol. The molecule has 2 amide bonds. The minimum absolute atomic E-state index is 0.0367. The Hall–Kier alpha value is -2.41. The van der Waals surface area contributed by atoms with Gasteiger partial charge < -0.3 is 14.8 Å². The standard InChI is InChI=1S/C21H27N3O3S/c1-3-4-11-23(2)20(26)15-9-12-24(13-10-15)21(27)16-7-8-17(22-19(16)25)18-6-5-14-28-18/h5-8,14-15H,3-4,9-13H2,1-2H3,(H,22,25). The first kappa shape index (κ1) is 20.3. The van der Waals surface area contributed by atoms with Gasteiger partial charge in [0.1, 0.15) is 5.56 Å². The minimum atomic E-state index is -0.367. The predicted octanol–water partition coefficient (Wildman–Crippen LogP) is 3.21. The second kappa shape index (κ2) is 9.19. The van der Waals surface area contributed by atoms with Crippen molar-refractivity contribution in [1.29, 1.82) is 0 Å². The average Bonchev–Trinajstić information content (AvgIpc) is 3.26. The topological polar surface area (TPSA) is 73.5 Å². The Morgan fingerprint density at radius 2 is 2.00 bits per heavy atom. The number of nitrogens with one attached hydrogen (secondary N) is 1. The van der Waals surface area contributed by atoms with Crippen LogP contribution >= 0.6 is 11.3 Å². The fourth-order valence-electron chi connectivity index (χ4n) is 3.53. The van der Waals surface area contributed by atoms with Crippen molar-refractivity contribution in [3.63, 3.8) is 0 Å². The molecule has 2 aromatic heterocycles. The summed E-state index contributed by atoms with van der Waals surface area (Å²) < 4.78 is 0. The number of pyridine rings is 1. The van der Waals surface area contributed by atoms with Crippen molar-refractivity contribution in [2.45, 2.75) is 32.6 Å². The molecule has 0 saturated carbocycles. The van der Waals surface area contributed by atoms with Gasteiger partial charge in [-0.25, -0.2) is 0 Å². The molecule has 1 fully saturated rings. The van der Waals surface area contributed by atoms with Crippen molar-refractivity contribution in [2.75, 3.05) is 26.7 Å². The lowest BCUT2D eigenvalue weighted by Crippen LogP contribution is -2.44. The van der Waals surface area contributed by atoms with Crippen molar-refractivity contribution in [1.82, 2.24) is 14.8 Å². The molecular weight excluding hydrogens is 374 g/mol. The molecule has 1 aliphatic rings. The van der Waals surface area contributed by atoms with Crippen LogP contribution in [0.15, 0.2) is 34.4 Å². The van der Waals surface area contributed by atoms with Crippen molar-refractivity contribution in [3.05, 3.63) is 45.6 Å². The molecule has 1 N–H and O–H groups in total. The second-order valence-electron chi connectivity index (χ2n) is 7.27. The molecule has 150 valence electrons. The smallest absolute Gasteiger partial charge is 0.261 e. The van der Waals surface area contributed by atoms with Gasteiger partial charge in [-0.15, -0.1) is 11.3 Å². The highest BCUT2D eigenvalue weighted by Crippen LogP contribution is 2.23. The number of nitrogens with zero attached hydrogens (tertiary/aromatic N) is 2. The van der Waals surface area contributed by atoms with Crippen molar-refractivity contribution in [2.24, 2.45) is 5.92 Å². The number of hydrogen-bond donors (Lipinski definition) is 1. The number of rotatable bonds is 6. The van der Waals surface area contributed by atoms with Gasteiger partial charge in [-0.1, -0.05) is 19.4 Å². The zero-order valence-corrected chi connectivity index (χ0v) is 17.3. The molecule has 7 heteroatoms. The van der Waals surface area contributed by atoms with E-state index in [0.717, 1.165) is 30.0 Å². The lowest BCUT2D eigenvalue weighted by molar-refractivity contribution is -0.135. The molecule has 0 bridgehead atoms. The van der Waals surface area contributed by atoms with Gasteiger partial charge in [0.2, 0.25) is 5.91 Å². The first-order chi connectivity index (χ1) is 13.5. The number of aromatic amines is 1. The molecule has 2 aromatic rings. The van der Waals surface area contributed by atoms with E-state index in [9.17, 15) is 14.4 Å². The molecule has 0 aromatic carbocycles. The molecule has 0 unspecified atom stereocenters. The largest absolute Gasteiger partial charge is 0.346 e. The number of carbonyl (C=O) groups excluding carboxylic acids is 2. The quantitative estimate of drug-likeness (QED) is 0.808. The van der Waals surface area contributed by atoms with Crippen LogP contribution in [0, 0.1) is 5.92 Å². The summed E-state index contributed by atoms with van der Waals surface area (Å²) in [4.78, 5) is 45.0. The van der Waals surface area contributed by atoms with E-state index in [1.165, 1.54) is 11.3 Å². The summed E-state index contributed by atoms with van der Waals surface area (Å²) in [5, 5.41) is 1.94. The van der Waals surface area contributed by atoms with Gasteiger partial charge in [0.15, 0.2) is 0 Å². The first-order valence-corrected chi connectivity index (χ1v) is 10.7. The van der Waals surface area contributed by atoms with Crippen LogP contribution in [0.25, 0.3) is 10.6 Å². The van der Waals surface area contributed by atoms with E-state index in [2.05, 4.69) is 11.9 Å². The lowest BCUT2D eigenvalue weighted by atomic mass is 9.95. The lowest BCUT2D eigenvalue weighted by Gasteiger charge is -2.33. The molecule has 3 rings (SSSR count). The molecule has 0 spiro atoms. The number of H-pyrrole nitrogens is 1. The molecule has 0 atom stereocenters. The van der Waals surface area contributed by atoms with E-state index in [4.69, 9.17) is 0 Å². The number of unbranched alkanes of at least 4 members (excludes halogenated alkanes) is 1. The maximum atomic E-state index is 12.8. The number of thiophene rings is 1. The van der Waals surface area contributed by atoms with Crippen LogP contribution in [0.3, 0.4) is 0 Å². The van der Waals surface area contributed by atoms with Crippen LogP contribution in [0.5, 0.6) is 0 Å². The number of likely N-dealkylation sites (tertiary alicyclic amines) is 1. The third kappa shape index (κ3) is 4.52. The summed E-state index contributed by atoms with van der Waals surface area (Å²) in [6.07, 6.45) is 3.35. The molecule has 0 aliphatic carbocycles. The van der Waals surface area contributed by atoms with Crippen molar-refractivity contribution < 1.29 is 9.59 Å². The van der Waals surface area contributed by atoms with Crippen LogP contribution in [0.1, 0.15) is 43.0 Å². The summed E-state index contributed by atoms with van der Waals surface area (Å²) in [7, 11) is 1.85. The van der Waals surface area contributed by atoms with Crippen LogP contribution in [0.2, 0.25) is 0 Å². The van der Waals surface area contributed by atoms with E-state index in [0.29, 0.717) is 25.9 Å². The first-order valence-electron chi connectivity index (χ1n) is 9.82. The van der Waals surface area contributed by atoms with E-state index in [1.54, 1.807) is 21.9 Å². The predicted molar refractivity (Wildman–Crippen MR) is 112 cm³/mol. The summed E-state index contributed by atoms with van der Waals surface area (Å²) in [6, 6.07) is 7.23. The maximum absolute atomic E-state index is 12.8. The molecule has 6 nitrogen and oxygen atoms in total. The summed E-state index contributed by atoms with van der Waals surface area (Å²) in [5.74, 6) is -0.131. The van der Waals surface area contributed by atoms with Gasteiger partial charge in [0.05, 0.1) is 10.6 Å². The Bertz CT molecular complexity index is 867.